The van der Waals surface area contributed by atoms with E-state index in [0.29, 0.717) is 18.7 Å². The number of rotatable bonds is 6. The van der Waals surface area contributed by atoms with E-state index in [9.17, 15) is 4.79 Å². The molecule has 0 aromatic heterocycles. The molecule has 1 amide bonds. The number of nitrogens with one attached hydrogen (secondary N) is 2. The van der Waals surface area contributed by atoms with Gasteiger partial charge in [0.25, 0.3) is 0 Å². The number of hydrogen-bond acceptors (Lipinski definition) is 3. The molecule has 1 aliphatic rings. The van der Waals surface area contributed by atoms with Crippen LogP contribution in [-0.2, 0) is 9.53 Å². The van der Waals surface area contributed by atoms with Crippen molar-refractivity contribution in [3.05, 3.63) is 0 Å². The number of carbonyl (C=O) groups is 1. The summed E-state index contributed by atoms with van der Waals surface area (Å²) in [4.78, 5) is 11.5. The molecule has 0 aromatic rings. The van der Waals surface area contributed by atoms with Crippen molar-refractivity contribution in [3.8, 4) is 0 Å². The van der Waals surface area contributed by atoms with E-state index in [4.69, 9.17) is 4.74 Å². The Labute approximate surface area is 104 Å². The minimum Gasteiger partial charge on any atom is -0.378 e. The molecule has 2 N–H and O–H groups in total. The maximum atomic E-state index is 11.5. The molecule has 1 aliphatic heterocycles. The lowest BCUT2D eigenvalue weighted by atomic mass is 10.0. The van der Waals surface area contributed by atoms with Crippen LogP contribution < -0.4 is 10.6 Å². The third kappa shape index (κ3) is 6.03. The normalized spacial score (nSPS) is 24.9. The predicted octanol–water partition coefficient (Wildman–Crippen LogP) is 1.45. The van der Waals surface area contributed by atoms with Gasteiger partial charge in [0, 0.05) is 18.7 Å². The van der Waals surface area contributed by atoms with Gasteiger partial charge in [0.15, 0.2) is 0 Å². The maximum absolute atomic E-state index is 11.5. The molecule has 1 rings (SSSR count). The first-order chi connectivity index (χ1) is 8.11. The van der Waals surface area contributed by atoms with Crippen LogP contribution >= 0.6 is 0 Å². The summed E-state index contributed by atoms with van der Waals surface area (Å²) in [5.74, 6) is 0.0820. The molecule has 100 valence electrons. The molecule has 0 spiro atoms. The van der Waals surface area contributed by atoms with E-state index >= 15 is 0 Å². The predicted molar refractivity (Wildman–Crippen MR) is 69.0 cm³/mol. The zero-order chi connectivity index (χ0) is 12.7. The highest BCUT2D eigenvalue weighted by Crippen LogP contribution is 2.17. The maximum Gasteiger partial charge on any atom is 0.234 e. The minimum atomic E-state index is 0.0820. The molecule has 0 radical (unpaired) electrons. The molecule has 0 bridgehead atoms. The summed E-state index contributed by atoms with van der Waals surface area (Å²) < 4.78 is 5.68. The molecule has 1 saturated heterocycles. The van der Waals surface area contributed by atoms with Crippen LogP contribution in [0.5, 0.6) is 0 Å². The van der Waals surface area contributed by atoms with Crippen molar-refractivity contribution in [2.75, 3.05) is 13.2 Å². The molecule has 2 unspecified atom stereocenters. The van der Waals surface area contributed by atoms with Gasteiger partial charge in [-0.25, -0.2) is 0 Å². The van der Waals surface area contributed by atoms with E-state index in [0.717, 1.165) is 32.3 Å². The number of carbonyl (C=O) groups excluding carboxylic acids is 1. The lowest BCUT2D eigenvalue weighted by Gasteiger charge is -2.30. The standard InChI is InChI=1S/C13H26N2O2/c1-4-5-12-8-11(6-7-17-12)14-9-13(16)15-10(2)3/h10-12,14H,4-9H2,1-3H3,(H,15,16). The SMILES string of the molecule is CCCC1CC(NCC(=O)NC(C)C)CCO1. The van der Waals surface area contributed by atoms with Gasteiger partial charge < -0.3 is 15.4 Å². The number of hydrogen-bond donors (Lipinski definition) is 2. The van der Waals surface area contributed by atoms with Crippen LogP contribution in [0.15, 0.2) is 0 Å². The van der Waals surface area contributed by atoms with Crippen LogP contribution in [0.2, 0.25) is 0 Å². The average molecular weight is 242 g/mol. The lowest BCUT2D eigenvalue weighted by molar-refractivity contribution is -0.121. The topological polar surface area (TPSA) is 50.4 Å². The third-order valence-corrected chi connectivity index (χ3v) is 2.98. The van der Waals surface area contributed by atoms with Crippen molar-refractivity contribution in [1.82, 2.24) is 10.6 Å². The quantitative estimate of drug-likeness (QED) is 0.741. The molecular weight excluding hydrogens is 216 g/mol. The van der Waals surface area contributed by atoms with Gasteiger partial charge in [0.2, 0.25) is 5.91 Å². The number of ether oxygens (including phenoxy) is 1. The van der Waals surface area contributed by atoms with Gasteiger partial charge in [-0.05, 0) is 33.1 Å². The van der Waals surface area contributed by atoms with Crippen molar-refractivity contribution in [2.45, 2.75) is 64.6 Å². The van der Waals surface area contributed by atoms with Gasteiger partial charge in [-0.2, -0.15) is 0 Å². The largest absolute Gasteiger partial charge is 0.378 e. The highest BCUT2D eigenvalue weighted by molar-refractivity contribution is 5.78. The highest BCUT2D eigenvalue weighted by Gasteiger charge is 2.21. The van der Waals surface area contributed by atoms with Crippen LogP contribution in [0.1, 0.15) is 46.5 Å². The lowest BCUT2D eigenvalue weighted by Crippen LogP contribution is -2.45. The summed E-state index contributed by atoms with van der Waals surface area (Å²) in [6.45, 7) is 7.36. The van der Waals surface area contributed by atoms with E-state index in [1.165, 1.54) is 0 Å². The summed E-state index contributed by atoms with van der Waals surface area (Å²) in [6.07, 6.45) is 4.69. The van der Waals surface area contributed by atoms with Crippen LogP contribution in [0.3, 0.4) is 0 Å². The van der Waals surface area contributed by atoms with Gasteiger partial charge in [-0.15, -0.1) is 0 Å². The Kier molecular flexibility index (Phi) is 6.52. The Hall–Kier alpha value is -0.610. The van der Waals surface area contributed by atoms with Crippen LogP contribution in [0, 0.1) is 0 Å². The van der Waals surface area contributed by atoms with E-state index in [-0.39, 0.29) is 11.9 Å². The smallest absolute Gasteiger partial charge is 0.234 e. The Morgan fingerprint density at radius 1 is 1.47 bits per heavy atom. The van der Waals surface area contributed by atoms with Gasteiger partial charge in [-0.1, -0.05) is 13.3 Å². The van der Waals surface area contributed by atoms with E-state index < -0.39 is 0 Å². The first kappa shape index (κ1) is 14.5. The van der Waals surface area contributed by atoms with E-state index in [1.807, 2.05) is 13.8 Å². The van der Waals surface area contributed by atoms with Crippen molar-refractivity contribution < 1.29 is 9.53 Å². The first-order valence-electron chi connectivity index (χ1n) is 6.76. The monoisotopic (exact) mass is 242 g/mol. The van der Waals surface area contributed by atoms with Crippen molar-refractivity contribution in [3.63, 3.8) is 0 Å². The zero-order valence-electron chi connectivity index (χ0n) is 11.3. The van der Waals surface area contributed by atoms with Crippen molar-refractivity contribution in [1.29, 1.82) is 0 Å². The summed E-state index contributed by atoms with van der Waals surface area (Å²) in [5.41, 5.74) is 0. The minimum absolute atomic E-state index is 0.0820. The Morgan fingerprint density at radius 3 is 2.88 bits per heavy atom. The Balaban J connectivity index is 2.20. The highest BCUT2D eigenvalue weighted by atomic mass is 16.5. The van der Waals surface area contributed by atoms with Crippen LogP contribution in [0.25, 0.3) is 0 Å². The average Bonchev–Trinajstić information content (AvgIpc) is 2.26. The fourth-order valence-electron chi connectivity index (χ4n) is 2.20. The molecular formula is C13H26N2O2. The third-order valence-electron chi connectivity index (χ3n) is 2.98. The molecule has 2 atom stereocenters. The molecule has 17 heavy (non-hydrogen) atoms. The molecule has 4 nitrogen and oxygen atoms in total. The van der Waals surface area contributed by atoms with E-state index in [2.05, 4.69) is 17.6 Å². The zero-order valence-corrected chi connectivity index (χ0v) is 11.3. The van der Waals surface area contributed by atoms with Crippen LogP contribution in [-0.4, -0.2) is 37.2 Å². The molecule has 0 aromatic carbocycles. The summed E-state index contributed by atoms with van der Waals surface area (Å²) >= 11 is 0. The summed E-state index contributed by atoms with van der Waals surface area (Å²) in [6, 6.07) is 0.644. The van der Waals surface area contributed by atoms with Gasteiger partial charge in [0.05, 0.1) is 12.6 Å². The second kappa shape index (κ2) is 7.67. The molecule has 1 fully saturated rings. The second-order valence-corrected chi connectivity index (χ2v) is 5.11. The van der Waals surface area contributed by atoms with Gasteiger partial charge in [0.1, 0.15) is 0 Å². The Bertz CT molecular complexity index is 229. The van der Waals surface area contributed by atoms with Crippen LogP contribution in [0.4, 0.5) is 0 Å². The fourth-order valence-corrected chi connectivity index (χ4v) is 2.20. The molecule has 1 heterocycles. The molecule has 0 saturated carbocycles. The molecule has 4 heteroatoms. The summed E-state index contributed by atoms with van der Waals surface area (Å²) in [5, 5.41) is 6.21. The van der Waals surface area contributed by atoms with Gasteiger partial charge >= 0.3 is 0 Å². The molecule has 0 aliphatic carbocycles. The first-order valence-corrected chi connectivity index (χ1v) is 6.76. The van der Waals surface area contributed by atoms with Gasteiger partial charge in [-0.3, -0.25) is 4.79 Å². The fraction of sp³-hybridized carbons (Fsp3) is 0.923. The summed E-state index contributed by atoms with van der Waals surface area (Å²) in [7, 11) is 0. The second-order valence-electron chi connectivity index (χ2n) is 5.11. The van der Waals surface area contributed by atoms with Crippen molar-refractivity contribution >= 4 is 5.91 Å². The van der Waals surface area contributed by atoms with E-state index in [1.54, 1.807) is 0 Å². The Morgan fingerprint density at radius 2 is 2.24 bits per heavy atom. The van der Waals surface area contributed by atoms with Crippen molar-refractivity contribution in [2.24, 2.45) is 0 Å². The number of amides is 1.